The lowest BCUT2D eigenvalue weighted by Crippen LogP contribution is -2.27. The molecular weight excluding hydrogens is 308 g/mol. The molecule has 0 saturated carbocycles. The quantitative estimate of drug-likeness (QED) is 0.547. The van der Waals surface area contributed by atoms with E-state index in [1.807, 2.05) is 0 Å². The number of aliphatic hydroxyl groups is 2. The first-order valence-electron chi connectivity index (χ1n) is 7.64. The van der Waals surface area contributed by atoms with Crippen molar-refractivity contribution in [2.45, 2.75) is 26.3 Å². The molecule has 0 aromatic heterocycles. The summed E-state index contributed by atoms with van der Waals surface area (Å²) in [6.07, 6.45) is -1.77. The van der Waals surface area contributed by atoms with Crippen LogP contribution in [0, 0.1) is 0 Å². The van der Waals surface area contributed by atoms with Crippen molar-refractivity contribution < 1.29 is 19.8 Å². The molecule has 0 aliphatic heterocycles. The Morgan fingerprint density at radius 1 is 0.750 bits per heavy atom. The van der Waals surface area contributed by atoms with Gasteiger partial charge in [-0.25, -0.2) is 0 Å². The Kier molecular flexibility index (Phi) is 4.09. The topological polar surface area (TPSA) is 98.7 Å². The highest BCUT2D eigenvalue weighted by Crippen LogP contribution is 2.36. The molecule has 6 nitrogen and oxygen atoms in total. The van der Waals surface area contributed by atoms with Crippen LogP contribution in [0.1, 0.15) is 45.7 Å². The zero-order valence-corrected chi connectivity index (χ0v) is 13.3. The maximum atomic E-state index is 12.9. The predicted octanol–water partition coefficient (Wildman–Crippen LogP) is 1.96. The van der Waals surface area contributed by atoms with Crippen LogP contribution in [0.3, 0.4) is 0 Å². The van der Waals surface area contributed by atoms with E-state index in [1.165, 1.54) is 13.8 Å². The van der Waals surface area contributed by atoms with Gasteiger partial charge in [-0.1, -0.05) is 24.3 Å². The Morgan fingerprint density at radius 2 is 1.12 bits per heavy atom. The minimum Gasteiger partial charge on any atom is -0.374 e. The van der Waals surface area contributed by atoms with E-state index in [0.717, 1.165) is 0 Å². The molecule has 4 N–H and O–H groups in total. The highest BCUT2D eigenvalue weighted by molar-refractivity contribution is 6.31. The lowest BCUT2D eigenvalue weighted by molar-refractivity contribution is 0.0979. The average molecular weight is 326 g/mol. The molecule has 0 spiro atoms. The van der Waals surface area contributed by atoms with Crippen molar-refractivity contribution in [1.82, 2.24) is 0 Å². The van der Waals surface area contributed by atoms with E-state index < -0.39 is 12.5 Å². The molecule has 1 aliphatic carbocycles. The fourth-order valence-corrected chi connectivity index (χ4v) is 2.91. The SMILES string of the molecule is CC(O)Nc1ccc(NC(C)O)c2c1C(=O)c1ccccc1C2=O. The van der Waals surface area contributed by atoms with Gasteiger partial charge < -0.3 is 20.8 Å². The van der Waals surface area contributed by atoms with Gasteiger partial charge in [0.15, 0.2) is 11.6 Å². The fourth-order valence-electron chi connectivity index (χ4n) is 2.91. The summed E-state index contributed by atoms with van der Waals surface area (Å²) in [5.74, 6) is -0.588. The van der Waals surface area contributed by atoms with E-state index in [2.05, 4.69) is 10.6 Å². The van der Waals surface area contributed by atoms with Crippen molar-refractivity contribution in [3.63, 3.8) is 0 Å². The van der Waals surface area contributed by atoms with E-state index in [1.54, 1.807) is 36.4 Å². The van der Waals surface area contributed by atoms with Crippen molar-refractivity contribution in [3.8, 4) is 0 Å². The van der Waals surface area contributed by atoms with Crippen molar-refractivity contribution in [1.29, 1.82) is 0 Å². The lowest BCUT2D eigenvalue weighted by atomic mass is 9.82. The third kappa shape index (κ3) is 2.66. The van der Waals surface area contributed by atoms with Crippen molar-refractivity contribution in [3.05, 3.63) is 58.7 Å². The van der Waals surface area contributed by atoms with Gasteiger partial charge in [-0.3, -0.25) is 9.59 Å². The van der Waals surface area contributed by atoms with Crippen LogP contribution in [0.25, 0.3) is 0 Å². The Labute approximate surface area is 139 Å². The molecule has 0 amide bonds. The number of rotatable bonds is 4. The second-order valence-electron chi connectivity index (χ2n) is 5.76. The largest absolute Gasteiger partial charge is 0.374 e. The second-order valence-corrected chi connectivity index (χ2v) is 5.76. The number of hydrogen-bond donors (Lipinski definition) is 4. The first-order valence-corrected chi connectivity index (χ1v) is 7.64. The number of fused-ring (bicyclic) bond motifs is 2. The van der Waals surface area contributed by atoms with Gasteiger partial charge in [0.1, 0.15) is 12.5 Å². The number of benzene rings is 2. The monoisotopic (exact) mass is 326 g/mol. The molecule has 2 aromatic rings. The third-order valence-electron chi connectivity index (χ3n) is 3.80. The number of anilines is 2. The molecule has 1 aliphatic rings. The second kappa shape index (κ2) is 6.07. The molecule has 0 fully saturated rings. The van der Waals surface area contributed by atoms with Crippen LogP contribution < -0.4 is 10.6 Å². The third-order valence-corrected chi connectivity index (χ3v) is 3.80. The standard InChI is InChI=1S/C18H18N2O4/c1-9(21)19-13-7-8-14(20-10(2)22)16-15(13)17(23)11-5-3-4-6-12(11)18(16)24/h3-10,19-22H,1-2H3. The average Bonchev–Trinajstić information content (AvgIpc) is 2.53. The first-order chi connectivity index (χ1) is 11.4. The molecule has 0 heterocycles. The first kappa shape index (κ1) is 16.2. The van der Waals surface area contributed by atoms with Gasteiger partial charge in [0, 0.05) is 22.5 Å². The summed E-state index contributed by atoms with van der Waals surface area (Å²) >= 11 is 0. The molecule has 124 valence electrons. The fraction of sp³-hybridized carbons (Fsp3) is 0.222. The number of hydrogen-bond acceptors (Lipinski definition) is 6. The van der Waals surface area contributed by atoms with Gasteiger partial charge in [-0.05, 0) is 26.0 Å². The summed E-state index contributed by atoms with van der Waals surface area (Å²) < 4.78 is 0. The molecule has 0 bridgehead atoms. The van der Waals surface area contributed by atoms with Crippen LogP contribution in [0.5, 0.6) is 0 Å². The number of ketones is 2. The smallest absolute Gasteiger partial charge is 0.196 e. The maximum absolute atomic E-state index is 12.9. The zero-order valence-electron chi connectivity index (χ0n) is 13.3. The number of carbonyl (C=O) groups excluding carboxylic acids is 2. The van der Waals surface area contributed by atoms with Crippen LogP contribution in [-0.4, -0.2) is 34.2 Å². The highest BCUT2D eigenvalue weighted by Gasteiger charge is 2.34. The van der Waals surface area contributed by atoms with Crippen molar-refractivity contribution in [2.75, 3.05) is 10.6 Å². The van der Waals surface area contributed by atoms with E-state index in [0.29, 0.717) is 22.5 Å². The normalized spacial score (nSPS) is 15.3. The molecule has 0 radical (unpaired) electrons. The summed E-state index contributed by atoms with van der Waals surface area (Å²) in [4.78, 5) is 25.9. The molecule has 2 aromatic carbocycles. The summed E-state index contributed by atoms with van der Waals surface area (Å²) in [5.41, 5.74) is 1.82. The molecule has 24 heavy (non-hydrogen) atoms. The van der Waals surface area contributed by atoms with E-state index in [4.69, 9.17) is 0 Å². The molecule has 2 unspecified atom stereocenters. The van der Waals surface area contributed by atoms with Gasteiger partial charge in [-0.15, -0.1) is 0 Å². The van der Waals surface area contributed by atoms with Gasteiger partial charge in [0.05, 0.1) is 11.1 Å². The minimum atomic E-state index is -0.884. The summed E-state index contributed by atoms with van der Waals surface area (Å²) in [6, 6.07) is 9.84. The maximum Gasteiger partial charge on any atom is 0.196 e. The number of carbonyl (C=O) groups is 2. The van der Waals surface area contributed by atoms with Gasteiger partial charge in [0.2, 0.25) is 0 Å². The highest BCUT2D eigenvalue weighted by atomic mass is 16.3. The molecule has 0 saturated heterocycles. The van der Waals surface area contributed by atoms with E-state index >= 15 is 0 Å². The summed E-state index contributed by atoms with van der Waals surface area (Å²) in [5, 5.41) is 24.8. The van der Waals surface area contributed by atoms with Gasteiger partial charge in [0.25, 0.3) is 0 Å². The van der Waals surface area contributed by atoms with Crippen LogP contribution in [-0.2, 0) is 0 Å². The Morgan fingerprint density at radius 3 is 1.46 bits per heavy atom. The van der Waals surface area contributed by atoms with Crippen molar-refractivity contribution >= 4 is 22.9 Å². The predicted molar refractivity (Wildman–Crippen MR) is 90.4 cm³/mol. The van der Waals surface area contributed by atoms with Gasteiger partial charge in [-0.2, -0.15) is 0 Å². The Hall–Kier alpha value is -2.70. The molecule has 2 atom stereocenters. The summed E-state index contributed by atoms with van der Waals surface area (Å²) in [6.45, 7) is 3.05. The van der Waals surface area contributed by atoms with Crippen LogP contribution in [0.15, 0.2) is 36.4 Å². The number of aliphatic hydroxyl groups excluding tert-OH is 2. The minimum absolute atomic E-state index is 0.199. The Bertz CT molecular complexity index is 760. The van der Waals surface area contributed by atoms with Crippen LogP contribution in [0.4, 0.5) is 11.4 Å². The molecule has 3 rings (SSSR count). The Balaban J connectivity index is 2.26. The van der Waals surface area contributed by atoms with Crippen LogP contribution in [0.2, 0.25) is 0 Å². The van der Waals surface area contributed by atoms with Crippen molar-refractivity contribution in [2.24, 2.45) is 0 Å². The molecule has 6 heteroatoms. The van der Waals surface area contributed by atoms with E-state index in [-0.39, 0.29) is 22.7 Å². The number of nitrogens with one attached hydrogen (secondary N) is 2. The van der Waals surface area contributed by atoms with E-state index in [9.17, 15) is 19.8 Å². The summed E-state index contributed by atoms with van der Waals surface area (Å²) in [7, 11) is 0. The van der Waals surface area contributed by atoms with Crippen LogP contribution >= 0.6 is 0 Å². The molecular formula is C18H18N2O4. The zero-order chi connectivity index (χ0) is 17.4. The lowest BCUT2D eigenvalue weighted by Gasteiger charge is -2.25. The van der Waals surface area contributed by atoms with Gasteiger partial charge >= 0.3 is 0 Å².